The Morgan fingerprint density at radius 2 is 1.83 bits per heavy atom. The van der Waals surface area contributed by atoms with Crippen LogP contribution in [0.25, 0.3) is 11.1 Å². The lowest BCUT2D eigenvalue weighted by molar-refractivity contribution is -0.148. The number of carbonyl (C=O) groups excluding carboxylic acids is 3. The third-order valence-corrected chi connectivity index (χ3v) is 8.44. The van der Waals surface area contributed by atoms with Crippen molar-refractivity contribution in [2.24, 2.45) is 17.6 Å². The van der Waals surface area contributed by atoms with Gasteiger partial charge in [0.25, 0.3) is 5.91 Å². The lowest BCUT2D eigenvalue weighted by atomic mass is 9.58. The number of fused-ring (bicyclic) bond motifs is 3. The summed E-state index contributed by atoms with van der Waals surface area (Å²) in [5.41, 5.74) is 3.59. The van der Waals surface area contributed by atoms with Crippen LogP contribution in [0.1, 0.15) is 22.3 Å². The normalized spacial score (nSPS) is 25.6. The number of primary amides is 1. The molecule has 0 unspecified atom stereocenters. The van der Waals surface area contributed by atoms with Gasteiger partial charge in [-0.05, 0) is 50.6 Å². The Balaban J connectivity index is 1.74. The number of nitrogens with two attached hydrogens (primary N) is 1. The van der Waals surface area contributed by atoms with Crippen LogP contribution < -0.4 is 15.4 Å². The van der Waals surface area contributed by atoms with Crippen molar-refractivity contribution in [2.75, 3.05) is 40.2 Å². The number of pyridine rings is 1. The van der Waals surface area contributed by atoms with Crippen molar-refractivity contribution in [2.45, 2.75) is 24.5 Å². The summed E-state index contributed by atoms with van der Waals surface area (Å²) < 4.78 is 5.12. The van der Waals surface area contributed by atoms with E-state index in [1.165, 1.54) is 18.2 Å². The van der Waals surface area contributed by atoms with Gasteiger partial charge in [0.1, 0.15) is 22.8 Å². The molecule has 1 amide bonds. The maximum absolute atomic E-state index is 14.1. The molecule has 0 bridgehead atoms. The minimum absolute atomic E-state index is 0.0174. The maximum Gasteiger partial charge on any atom is 0.255 e. The molecule has 2 aromatic rings. The number of hydrogen-bond acceptors (Lipinski definition) is 11. The van der Waals surface area contributed by atoms with Gasteiger partial charge in [0.2, 0.25) is 11.7 Å². The molecule has 6 N–H and O–H groups in total. The Hall–Kier alpha value is -4.42. The van der Waals surface area contributed by atoms with Crippen molar-refractivity contribution in [1.82, 2.24) is 9.88 Å². The number of aliphatic hydroxyl groups excluding tert-OH is 2. The number of aromatic hydroxyl groups is 1. The Bertz CT molecular complexity index is 1560. The molecule has 5 rings (SSSR count). The smallest absolute Gasteiger partial charge is 0.255 e. The third kappa shape index (κ3) is 3.89. The summed E-state index contributed by atoms with van der Waals surface area (Å²) in [7, 11) is 8.25. The van der Waals surface area contributed by atoms with E-state index in [4.69, 9.17) is 10.5 Å². The van der Waals surface area contributed by atoms with Crippen LogP contribution in [0.2, 0.25) is 0 Å². The summed E-state index contributed by atoms with van der Waals surface area (Å²) in [5, 5.41) is 45.7. The van der Waals surface area contributed by atoms with Gasteiger partial charge in [0.05, 0.1) is 18.7 Å². The van der Waals surface area contributed by atoms with Crippen LogP contribution in [0, 0.1) is 11.8 Å². The molecule has 0 fully saturated rings. The summed E-state index contributed by atoms with van der Waals surface area (Å²) >= 11 is 0. The lowest BCUT2D eigenvalue weighted by Gasteiger charge is -2.50. The second-order valence-corrected chi connectivity index (χ2v) is 11.1. The largest absolute Gasteiger partial charge is 0.510 e. The van der Waals surface area contributed by atoms with Gasteiger partial charge >= 0.3 is 0 Å². The zero-order chi connectivity index (χ0) is 30.1. The van der Waals surface area contributed by atoms with E-state index in [1.54, 1.807) is 51.3 Å². The van der Waals surface area contributed by atoms with E-state index in [2.05, 4.69) is 4.98 Å². The number of hydrogen-bond donors (Lipinski definition) is 5. The second-order valence-electron chi connectivity index (χ2n) is 11.1. The van der Waals surface area contributed by atoms with Gasteiger partial charge in [-0.3, -0.25) is 19.3 Å². The number of aromatic nitrogens is 1. The summed E-state index contributed by atoms with van der Waals surface area (Å²) in [6, 6.07) is 3.99. The van der Waals surface area contributed by atoms with Gasteiger partial charge in [-0.1, -0.05) is 0 Å². The van der Waals surface area contributed by atoms with Crippen molar-refractivity contribution >= 4 is 23.2 Å². The average molecular weight is 565 g/mol. The molecule has 0 saturated heterocycles. The van der Waals surface area contributed by atoms with E-state index < -0.39 is 58.0 Å². The SMILES string of the molecule is COc1ccc(-c2cc(N(C)C)c3c(c2O)C(=O)C2=C(O)[C@]4(O)C(=O)C(C(N)=O)=C(O)[C@@H](N(C)C)[C@@H]4C[C@@H]2C3)cn1. The molecule has 12 nitrogen and oxygen atoms in total. The number of ketones is 2. The topological polar surface area (TPSA) is 187 Å². The first-order valence-corrected chi connectivity index (χ1v) is 13.0. The molecule has 41 heavy (non-hydrogen) atoms. The number of phenolic OH excluding ortho intramolecular Hbond substituents is 1. The minimum atomic E-state index is -2.69. The van der Waals surface area contributed by atoms with Crippen molar-refractivity contribution in [3.63, 3.8) is 0 Å². The fourth-order valence-corrected chi connectivity index (χ4v) is 6.58. The zero-order valence-electron chi connectivity index (χ0n) is 23.3. The molecule has 1 aromatic carbocycles. The van der Waals surface area contributed by atoms with Crippen LogP contribution in [-0.2, 0) is 16.0 Å². The highest BCUT2D eigenvalue weighted by atomic mass is 16.5. The summed E-state index contributed by atoms with van der Waals surface area (Å²) in [4.78, 5) is 47.3. The van der Waals surface area contributed by atoms with E-state index >= 15 is 0 Å². The number of amides is 1. The molecular formula is C29H32N4O8. The van der Waals surface area contributed by atoms with E-state index in [1.807, 2.05) is 0 Å². The van der Waals surface area contributed by atoms with Crippen LogP contribution in [0.15, 0.2) is 47.1 Å². The number of ether oxygens (including phenoxy) is 1. The number of benzene rings is 1. The van der Waals surface area contributed by atoms with Crippen molar-refractivity contribution < 1.29 is 39.5 Å². The quantitative estimate of drug-likeness (QED) is 0.329. The van der Waals surface area contributed by atoms with Crippen molar-refractivity contribution in [3.8, 4) is 22.8 Å². The molecule has 0 spiro atoms. The highest BCUT2D eigenvalue weighted by molar-refractivity contribution is 6.25. The Kier molecular flexibility index (Phi) is 6.58. The van der Waals surface area contributed by atoms with Crippen LogP contribution in [0.4, 0.5) is 5.69 Å². The first-order chi connectivity index (χ1) is 19.2. The fourth-order valence-electron chi connectivity index (χ4n) is 6.58. The summed E-state index contributed by atoms with van der Waals surface area (Å²) in [6.07, 6.45) is 1.70. The average Bonchev–Trinajstić information content (AvgIpc) is 2.90. The number of rotatable bonds is 5. The monoisotopic (exact) mass is 564 g/mol. The first-order valence-electron chi connectivity index (χ1n) is 13.0. The number of likely N-dealkylation sites (N-methyl/N-ethyl adjacent to an activating group) is 1. The first kappa shape index (κ1) is 28.1. The summed E-state index contributed by atoms with van der Waals surface area (Å²) in [6.45, 7) is 0. The number of methoxy groups -OCH3 is 1. The minimum Gasteiger partial charge on any atom is -0.510 e. The molecule has 3 aliphatic carbocycles. The van der Waals surface area contributed by atoms with Gasteiger partial charge in [-0.15, -0.1) is 0 Å². The standard InChI is InChI=1S/C29H32N4O8/c1-32(2)17-10-14(12-6-7-18(41-5)31-11-12)23(34)20-15(17)8-13-9-16-22(33(3)4)25(36)21(28(30)39)27(38)29(16,40)26(37)19(13)24(20)35/h6-7,10-11,13,16,22,34,36-37,40H,8-9H2,1-5H3,(H2,30,39)/t13-,16-,22-,29-/m0/s1. The van der Waals surface area contributed by atoms with Crippen LogP contribution in [-0.4, -0.2) is 94.7 Å². The number of anilines is 1. The second kappa shape index (κ2) is 9.60. The molecular weight excluding hydrogens is 532 g/mol. The van der Waals surface area contributed by atoms with Gasteiger partial charge in [0, 0.05) is 54.7 Å². The molecule has 1 heterocycles. The van der Waals surface area contributed by atoms with Gasteiger partial charge in [-0.2, -0.15) is 0 Å². The lowest BCUT2D eigenvalue weighted by Crippen LogP contribution is -2.63. The highest BCUT2D eigenvalue weighted by Crippen LogP contribution is 2.54. The van der Waals surface area contributed by atoms with Crippen LogP contribution >= 0.6 is 0 Å². The van der Waals surface area contributed by atoms with Crippen molar-refractivity contribution in [3.05, 3.63) is 58.2 Å². The Morgan fingerprint density at radius 1 is 1.15 bits per heavy atom. The molecule has 0 aliphatic heterocycles. The predicted octanol–water partition coefficient (Wildman–Crippen LogP) is 1.26. The fraction of sp³-hybridized carbons (Fsp3) is 0.379. The number of carbonyl (C=O) groups is 3. The molecule has 12 heteroatoms. The molecule has 1 aromatic heterocycles. The van der Waals surface area contributed by atoms with Crippen molar-refractivity contribution in [1.29, 1.82) is 0 Å². The molecule has 3 aliphatic rings. The van der Waals surface area contributed by atoms with Crippen LogP contribution in [0.3, 0.4) is 0 Å². The van der Waals surface area contributed by atoms with Gasteiger partial charge < -0.3 is 35.8 Å². The number of aliphatic hydroxyl groups is 3. The third-order valence-electron chi connectivity index (χ3n) is 8.44. The van der Waals surface area contributed by atoms with E-state index in [9.17, 15) is 34.8 Å². The Morgan fingerprint density at radius 3 is 2.37 bits per heavy atom. The zero-order valence-corrected chi connectivity index (χ0v) is 23.3. The number of phenols is 1. The molecule has 0 radical (unpaired) electrons. The number of Topliss-reactive ketones (excluding diaryl/α,β-unsaturated/α-hetero) is 2. The highest BCUT2D eigenvalue weighted by Gasteiger charge is 2.63. The predicted molar refractivity (Wildman–Crippen MR) is 148 cm³/mol. The maximum atomic E-state index is 14.1. The molecule has 0 saturated carbocycles. The van der Waals surface area contributed by atoms with Crippen LogP contribution in [0.5, 0.6) is 11.6 Å². The number of nitrogens with zero attached hydrogens (tertiary/aromatic N) is 3. The van der Waals surface area contributed by atoms with Gasteiger partial charge in [-0.25, -0.2) is 4.98 Å². The van der Waals surface area contributed by atoms with Gasteiger partial charge in [0.15, 0.2) is 11.4 Å². The molecule has 216 valence electrons. The van der Waals surface area contributed by atoms with E-state index in [0.717, 1.165) is 0 Å². The van der Waals surface area contributed by atoms with E-state index in [0.29, 0.717) is 28.3 Å². The Labute approximate surface area is 236 Å². The number of allylic oxidation sites excluding steroid dienone is 1. The van der Waals surface area contributed by atoms with E-state index in [-0.39, 0.29) is 29.7 Å². The summed E-state index contributed by atoms with van der Waals surface area (Å²) in [5.74, 6) is -6.53. The molecule has 4 atom stereocenters.